The number of aromatic nitrogens is 4. The minimum atomic E-state index is -0.335. The molecule has 0 aliphatic carbocycles. The standard InChI is InChI=1S/C30H31Cl2N7O3/c1-16(33)28-30(42-3)39-23(15-36-28)21-9-5-7-19(27(21)32)18-6-4-8-20(26(18)31)22-14-35-24(29(38-22)41-2)13-34-12-17-10-11-25(40)37-17/h4-9,14-17,34H,10-13,33H2,1-3H3,(H,37,40)/t16?,17-/m0/s1. The Morgan fingerprint density at radius 3 is 2.07 bits per heavy atom. The molecule has 5 rings (SSSR count). The lowest BCUT2D eigenvalue weighted by Gasteiger charge is -2.15. The van der Waals surface area contributed by atoms with Crippen LogP contribution in [0, 0.1) is 0 Å². The first kappa shape index (κ1) is 29.7. The van der Waals surface area contributed by atoms with Gasteiger partial charge in [0.2, 0.25) is 17.7 Å². The van der Waals surface area contributed by atoms with Gasteiger partial charge in [-0.1, -0.05) is 59.6 Å². The lowest BCUT2D eigenvalue weighted by atomic mass is 9.98. The van der Waals surface area contributed by atoms with Crippen molar-refractivity contribution in [2.45, 2.75) is 38.4 Å². The van der Waals surface area contributed by atoms with Gasteiger partial charge in [-0.2, -0.15) is 0 Å². The van der Waals surface area contributed by atoms with Crippen molar-refractivity contribution in [3.63, 3.8) is 0 Å². The second kappa shape index (κ2) is 13.0. The molecular formula is C30H31Cl2N7O3. The van der Waals surface area contributed by atoms with E-state index in [0.29, 0.717) is 75.2 Å². The monoisotopic (exact) mass is 607 g/mol. The van der Waals surface area contributed by atoms with Crippen LogP contribution in [0.2, 0.25) is 10.0 Å². The van der Waals surface area contributed by atoms with Crippen LogP contribution in [0.25, 0.3) is 33.6 Å². The number of methoxy groups -OCH3 is 2. The summed E-state index contributed by atoms with van der Waals surface area (Å²) in [6, 6.07) is 11.1. The van der Waals surface area contributed by atoms with E-state index >= 15 is 0 Å². The van der Waals surface area contributed by atoms with Gasteiger partial charge in [0.15, 0.2) is 0 Å². The maximum absolute atomic E-state index is 11.4. The topological polar surface area (TPSA) is 137 Å². The Balaban J connectivity index is 1.43. The first-order valence-electron chi connectivity index (χ1n) is 13.4. The maximum Gasteiger partial charge on any atom is 0.237 e. The van der Waals surface area contributed by atoms with E-state index in [4.69, 9.17) is 43.4 Å². The van der Waals surface area contributed by atoms with Crippen molar-refractivity contribution < 1.29 is 14.3 Å². The van der Waals surface area contributed by atoms with E-state index in [1.807, 2.05) is 43.3 Å². The van der Waals surface area contributed by atoms with Crippen molar-refractivity contribution in [3.8, 4) is 45.4 Å². The fourth-order valence-electron chi connectivity index (χ4n) is 4.86. The maximum atomic E-state index is 11.4. The van der Waals surface area contributed by atoms with Crippen LogP contribution in [0.3, 0.4) is 0 Å². The van der Waals surface area contributed by atoms with Crippen LogP contribution in [-0.4, -0.2) is 52.6 Å². The molecule has 0 spiro atoms. The number of nitrogens with one attached hydrogen (secondary N) is 2. The van der Waals surface area contributed by atoms with Crippen LogP contribution in [0.4, 0.5) is 0 Å². The number of amides is 1. The average molecular weight is 609 g/mol. The minimum Gasteiger partial charge on any atom is -0.480 e. The Labute approximate surface area is 254 Å². The summed E-state index contributed by atoms with van der Waals surface area (Å²) >= 11 is 13.9. The summed E-state index contributed by atoms with van der Waals surface area (Å²) < 4.78 is 11.0. The normalized spacial score (nSPS) is 15.4. The second-order valence-electron chi connectivity index (χ2n) is 9.92. The summed E-state index contributed by atoms with van der Waals surface area (Å²) in [7, 11) is 3.08. The third kappa shape index (κ3) is 6.17. The number of carbonyl (C=O) groups is 1. The van der Waals surface area contributed by atoms with E-state index in [0.717, 1.165) is 17.5 Å². The fourth-order valence-corrected chi connectivity index (χ4v) is 5.51. The van der Waals surface area contributed by atoms with Crippen LogP contribution in [-0.2, 0) is 11.3 Å². The van der Waals surface area contributed by atoms with Gasteiger partial charge in [-0.3, -0.25) is 14.8 Å². The smallest absolute Gasteiger partial charge is 0.237 e. The van der Waals surface area contributed by atoms with Crippen molar-refractivity contribution in [2.75, 3.05) is 20.8 Å². The number of hydrogen-bond acceptors (Lipinski definition) is 9. The zero-order valence-electron chi connectivity index (χ0n) is 23.4. The van der Waals surface area contributed by atoms with Crippen molar-refractivity contribution in [2.24, 2.45) is 5.73 Å². The molecule has 42 heavy (non-hydrogen) atoms. The van der Waals surface area contributed by atoms with E-state index in [-0.39, 0.29) is 18.0 Å². The number of nitrogens with two attached hydrogens (primary N) is 1. The Bertz CT molecular complexity index is 1620. The Kier molecular flexibility index (Phi) is 9.18. The molecule has 2 aromatic carbocycles. The number of rotatable bonds is 10. The largest absolute Gasteiger partial charge is 0.480 e. The second-order valence-corrected chi connectivity index (χ2v) is 10.7. The van der Waals surface area contributed by atoms with Gasteiger partial charge >= 0.3 is 0 Å². The van der Waals surface area contributed by atoms with Crippen LogP contribution >= 0.6 is 23.2 Å². The Hall–Kier alpha value is -3.83. The molecule has 3 heterocycles. The summed E-state index contributed by atoms with van der Waals surface area (Å²) in [6.07, 6.45) is 4.68. The Morgan fingerprint density at radius 2 is 1.52 bits per heavy atom. The molecule has 1 unspecified atom stereocenters. The molecule has 12 heteroatoms. The molecule has 2 atom stereocenters. The highest BCUT2D eigenvalue weighted by Gasteiger charge is 2.22. The average Bonchev–Trinajstić information content (AvgIpc) is 3.42. The SMILES string of the molecule is COc1nc(-c2cccc(-c3cccc(-c4cnc(C(C)N)c(OC)n4)c3Cl)c2Cl)cnc1CNC[C@@H]1CCC(=O)N1. The lowest BCUT2D eigenvalue weighted by Crippen LogP contribution is -2.35. The van der Waals surface area contributed by atoms with E-state index in [1.54, 1.807) is 19.5 Å². The van der Waals surface area contributed by atoms with Gasteiger partial charge in [0.05, 0.1) is 48.0 Å². The van der Waals surface area contributed by atoms with Gasteiger partial charge in [-0.15, -0.1) is 0 Å². The molecule has 1 amide bonds. The molecule has 2 aromatic heterocycles. The van der Waals surface area contributed by atoms with Crippen molar-refractivity contribution in [3.05, 3.63) is 70.2 Å². The van der Waals surface area contributed by atoms with E-state index in [2.05, 4.69) is 25.6 Å². The van der Waals surface area contributed by atoms with Gasteiger partial charge in [-0.05, 0) is 13.3 Å². The number of nitrogens with zero attached hydrogens (tertiary/aromatic N) is 4. The molecule has 4 N–H and O–H groups in total. The van der Waals surface area contributed by atoms with Crippen LogP contribution < -0.4 is 25.8 Å². The van der Waals surface area contributed by atoms with E-state index in [9.17, 15) is 4.79 Å². The number of ether oxygens (including phenoxy) is 2. The van der Waals surface area contributed by atoms with Crippen LogP contribution in [0.5, 0.6) is 11.8 Å². The molecule has 1 aliphatic rings. The zero-order chi connectivity index (χ0) is 29.8. The van der Waals surface area contributed by atoms with E-state index in [1.165, 1.54) is 7.11 Å². The summed E-state index contributed by atoms with van der Waals surface area (Å²) in [5.41, 5.74) is 11.1. The highest BCUT2D eigenvalue weighted by atomic mass is 35.5. The third-order valence-corrected chi connectivity index (χ3v) is 7.82. The first-order chi connectivity index (χ1) is 20.3. The molecular weight excluding hydrogens is 577 g/mol. The molecule has 10 nitrogen and oxygen atoms in total. The number of halogens is 2. The summed E-state index contributed by atoms with van der Waals surface area (Å²) in [6.45, 7) is 2.90. The van der Waals surface area contributed by atoms with Gasteiger partial charge in [0.25, 0.3) is 0 Å². The molecule has 0 saturated carbocycles. The van der Waals surface area contributed by atoms with Crippen molar-refractivity contribution >= 4 is 29.1 Å². The molecule has 4 aromatic rings. The number of carbonyl (C=O) groups excluding carboxylic acids is 1. The predicted octanol–water partition coefficient (Wildman–Crippen LogP) is 4.98. The van der Waals surface area contributed by atoms with Gasteiger partial charge < -0.3 is 25.8 Å². The summed E-state index contributed by atoms with van der Waals surface area (Å²) in [4.78, 5) is 29.8. The van der Waals surface area contributed by atoms with Crippen molar-refractivity contribution in [1.82, 2.24) is 30.6 Å². The number of hydrogen-bond donors (Lipinski definition) is 3. The summed E-state index contributed by atoms with van der Waals surface area (Å²) in [5.74, 6) is 0.820. The number of benzene rings is 2. The first-order valence-corrected chi connectivity index (χ1v) is 14.2. The highest BCUT2D eigenvalue weighted by Crippen LogP contribution is 2.42. The predicted molar refractivity (Wildman–Crippen MR) is 163 cm³/mol. The third-order valence-electron chi connectivity index (χ3n) is 7.00. The van der Waals surface area contributed by atoms with Crippen LogP contribution in [0.15, 0.2) is 48.8 Å². The Morgan fingerprint density at radius 1 is 0.952 bits per heavy atom. The quantitative estimate of drug-likeness (QED) is 0.228. The molecule has 0 radical (unpaired) electrons. The zero-order valence-corrected chi connectivity index (χ0v) is 25.0. The molecule has 1 aliphatic heterocycles. The van der Waals surface area contributed by atoms with Crippen molar-refractivity contribution in [1.29, 1.82) is 0 Å². The molecule has 1 saturated heterocycles. The summed E-state index contributed by atoms with van der Waals surface area (Å²) in [5, 5.41) is 7.19. The molecule has 0 bridgehead atoms. The molecule has 1 fully saturated rings. The lowest BCUT2D eigenvalue weighted by molar-refractivity contribution is -0.119. The van der Waals surface area contributed by atoms with Gasteiger partial charge in [-0.25, -0.2) is 9.97 Å². The highest BCUT2D eigenvalue weighted by molar-refractivity contribution is 6.39. The minimum absolute atomic E-state index is 0.0837. The molecule has 218 valence electrons. The van der Waals surface area contributed by atoms with Gasteiger partial charge in [0.1, 0.15) is 11.4 Å². The fraction of sp³-hybridized carbons (Fsp3) is 0.300. The van der Waals surface area contributed by atoms with E-state index < -0.39 is 0 Å². The van der Waals surface area contributed by atoms with Gasteiger partial charge in [0, 0.05) is 53.8 Å². The van der Waals surface area contributed by atoms with Crippen LogP contribution in [0.1, 0.15) is 37.2 Å².